The maximum atomic E-state index is 14.5. The largest absolute Gasteiger partial charge is 0.496 e. The average Bonchev–Trinajstić information content (AvgIpc) is 3.06. The smallest absolute Gasteiger partial charge is 0.264 e. The first-order chi connectivity index (χ1) is 22.1. The highest BCUT2D eigenvalue weighted by Crippen LogP contribution is 2.31. The van der Waals surface area contributed by atoms with E-state index in [9.17, 15) is 18.0 Å². The first-order valence-corrected chi connectivity index (χ1v) is 17.4. The molecule has 4 aromatic rings. The number of carbonyl (C=O) groups is 2. The Labute approximate surface area is 280 Å². The molecule has 4 aromatic carbocycles. The molecule has 46 heavy (non-hydrogen) atoms. The number of nitrogens with zero attached hydrogens (tertiary/aromatic N) is 2. The van der Waals surface area contributed by atoms with Gasteiger partial charge in [0.05, 0.1) is 22.2 Å². The van der Waals surface area contributed by atoms with Gasteiger partial charge in [0, 0.05) is 19.5 Å². The van der Waals surface area contributed by atoms with E-state index >= 15 is 0 Å². The van der Waals surface area contributed by atoms with Gasteiger partial charge in [0.25, 0.3) is 10.0 Å². The van der Waals surface area contributed by atoms with Crippen LogP contribution in [-0.2, 0) is 32.6 Å². The molecule has 0 fully saturated rings. The van der Waals surface area contributed by atoms with Gasteiger partial charge < -0.3 is 15.0 Å². The molecule has 2 amide bonds. The zero-order valence-electron chi connectivity index (χ0n) is 26.4. The molecular formula is C36H40BrN3O5S. The van der Waals surface area contributed by atoms with E-state index in [0.29, 0.717) is 22.5 Å². The van der Waals surface area contributed by atoms with E-state index in [1.165, 1.54) is 24.1 Å². The average molecular weight is 707 g/mol. The van der Waals surface area contributed by atoms with Gasteiger partial charge in [-0.05, 0) is 70.7 Å². The fourth-order valence-corrected chi connectivity index (χ4v) is 7.15. The van der Waals surface area contributed by atoms with Crippen LogP contribution < -0.4 is 14.4 Å². The Morgan fingerprint density at radius 3 is 2.11 bits per heavy atom. The normalized spacial score (nSPS) is 11.8. The second-order valence-electron chi connectivity index (χ2n) is 11.0. The third-order valence-corrected chi connectivity index (χ3v) is 10.00. The van der Waals surface area contributed by atoms with Gasteiger partial charge in [0.15, 0.2) is 0 Å². The molecule has 0 radical (unpaired) electrons. The van der Waals surface area contributed by atoms with Crippen LogP contribution in [0.1, 0.15) is 36.5 Å². The van der Waals surface area contributed by atoms with Crippen molar-refractivity contribution in [2.45, 2.75) is 50.6 Å². The molecule has 0 aliphatic carbocycles. The molecule has 0 aliphatic rings. The van der Waals surface area contributed by atoms with Gasteiger partial charge in [-0.15, -0.1) is 0 Å². The van der Waals surface area contributed by atoms with Crippen molar-refractivity contribution < 1.29 is 22.7 Å². The zero-order valence-corrected chi connectivity index (χ0v) is 28.8. The van der Waals surface area contributed by atoms with Gasteiger partial charge in [0.1, 0.15) is 18.3 Å². The van der Waals surface area contributed by atoms with Crippen LogP contribution >= 0.6 is 15.9 Å². The number of carbonyl (C=O) groups excluding carboxylic acids is 2. The number of amides is 2. The van der Waals surface area contributed by atoms with Crippen molar-refractivity contribution in [3.63, 3.8) is 0 Å². The van der Waals surface area contributed by atoms with Crippen LogP contribution in [0.2, 0.25) is 0 Å². The van der Waals surface area contributed by atoms with Crippen LogP contribution in [0, 0.1) is 6.92 Å². The van der Waals surface area contributed by atoms with E-state index in [-0.39, 0.29) is 23.8 Å². The number of benzene rings is 4. The summed E-state index contributed by atoms with van der Waals surface area (Å²) in [4.78, 5) is 29.8. The molecule has 0 bridgehead atoms. The number of methoxy groups -OCH3 is 1. The van der Waals surface area contributed by atoms with E-state index in [1.54, 1.807) is 30.3 Å². The molecule has 242 valence electrons. The summed E-state index contributed by atoms with van der Waals surface area (Å²) in [6.07, 6.45) is 1.97. The van der Waals surface area contributed by atoms with E-state index in [1.807, 2.05) is 74.5 Å². The number of sulfonamides is 1. The lowest BCUT2D eigenvalue weighted by atomic mass is 10.0. The van der Waals surface area contributed by atoms with Gasteiger partial charge in [-0.2, -0.15) is 0 Å². The first kappa shape index (κ1) is 34.7. The quantitative estimate of drug-likeness (QED) is 0.142. The topological polar surface area (TPSA) is 96.0 Å². The molecule has 0 spiro atoms. The number of rotatable bonds is 15. The maximum absolute atomic E-state index is 14.5. The number of anilines is 1. The summed E-state index contributed by atoms with van der Waals surface area (Å²) < 4.78 is 35.4. The standard InChI is InChI=1S/C36H40BrN3O5S/c1-4-5-22-38-36(42)33(23-28-12-8-6-9-13-28)39(25-29-14-10-7-11-15-29)35(41)26-40(30-18-16-27(2)17-19-30)46(43,44)31-20-21-34(45-3)32(37)24-31/h6-21,24,33H,4-5,22-23,25-26H2,1-3H3,(H,38,42)/t33-/m1/s1. The van der Waals surface area contributed by atoms with Crippen molar-refractivity contribution in [2.24, 2.45) is 0 Å². The Morgan fingerprint density at radius 2 is 1.52 bits per heavy atom. The molecule has 0 heterocycles. The monoisotopic (exact) mass is 705 g/mol. The second kappa shape index (κ2) is 16.4. The minimum absolute atomic E-state index is 0.0127. The highest BCUT2D eigenvalue weighted by molar-refractivity contribution is 9.10. The number of aryl methyl sites for hydroxylation is 1. The first-order valence-electron chi connectivity index (χ1n) is 15.2. The third kappa shape index (κ3) is 8.98. The lowest BCUT2D eigenvalue weighted by molar-refractivity contribution is -0.140. The fraction of sp³-hybridized carbons (Fsp3) is 0.278. The summed E-state index contributed by atoms with van der Waals surface area (Å²) in [7, 11) is -2.74. The van der Waals surface area contributed by atoms with Crippen molar-refractivity contribution >= 4 is 43.5 Å². The van der Waals surface area contributed by atoms with Gasteiger partial charge in [-0.1, -0.05) is 91.7 Å². The van der Waals surface area contributed by atoms with Crippen molar-refractivity contribution in [3.05, 3.63) is 124 Å². The van der Waals surface area contributed by atoms with Crippen molar-refractivity contribution in [3.8, 4) is 5.75 Å². The lowest BCUT2D eigenvalue weighted by Crippen LogP contribution is -2.53. The predicted octanol–water partition coefficient (Wildman–Crippen LogP) is 6.52. The van der Waals surface area contributed by atoms with Gasteiger partial charge in [-0.25, -0.2) is 8.42 Å². The number of halogens is 1. The molecule has 0 saturated carbocycles. The van der Waals surface area contributed by atoms with E-state index in [2.05, 4.69) is 21.2 Å². The number of nitrogens with one attached hydrogen (secondary N) is 1. The van der Waals surface area contributed by atoms with Gasteiger partial charge in [-0.3, -0.25) is 13.9 Å². The molecule has 0 unspecified atom stereocenters. The zero-order chi connectivity index (χ0) is 33.1. The van der Waals surface area contributed by atoms with Crippen molar-refractivity contribution in [1.29, 1.82) is 0 Å². The van der Waals surface area contributed by atoms with Crippen LogP contribution in [0.4, 0.5) is 5.69 Å². The SMILES string of the molecule is CCCCNC(=O)[C@@H](Cc1ccccc1)N(Cc1ccccc1)C(=O)CN(c1ccc(C)cc1)S(=O)(=O)c1ccc(OC)c(Br)c1. The Balaban J connectivity index is 1.78. The van der Waals surface area contributed by atoms with Crippen molar-refractivity contribution in [1.82, 2.24) is 10.2 Å². The van der Waals surface area contributed by atoms with Crippen LogP contribution in [-0.4, -0.2) is 51.4 Å². The highest BCUT2D eigenvalue weighted by Gasteiger charge is 2.34. The maximum Gasteiger partial charge on any atom is 0.264 e. The molecule has 1 atom stereocenters. The Kier molecular flexibility index (Phi) is 12.4. The summed E-state index contributed by atoms with van der Waals surface area (Å²) >= 11 is 3.39. The molecular weight excluding hydrogens is 666 g/mol. The molecule has 1 N–H and O–H groups in total. The number of hydrogen-bond donors (Lipinski definition) is 1. The van der Waals surface area contributed by atoms with Crippen LogP contribution in [0.25, 0.3) is 0 Å². The summed E-state index contributed by atoms with van der Waals surface area (Å²) in [6.45, 7) is 4.02. The summed E-state index contributed by atoms with van der Waals surface area (Å²) in [6, 6.07) is 29.5. The molecule has 0 saturated heterocycles. The third-order valence-electron chi connectivity index (χ3n) is 7.61. The number of ether oxygens (including phenoxy) is 1. The van der Waals surface area contributed by atoms with E-state index in [0.717, 1.165) is 33.8 Å². The van der Waals surface area contributed by atoms with Crippen LogP contribution in [0.3, 0.4) is 0 Å². The highest BCUT2D eigenvalue weighted by atomic mass is 79.9. The minimum Gasteiger partial charge on any atom is -0.496 e. The van der Waals surface area contributed by atoms with Crippen LogP contribution in [0.15, 0.2) is 112 Å². The Morgan fingerprint density at radius 1 is 0.891 bits per heavy atom. The number of hydrogen-bond acceptors (Lipinski definition) is 5. The summed E-state index contributed by atoms with van der Waals surface area (Å²) in [5.41, 5.74) is 2.98. The van der Waals surface area contributed by atoms with Gasteiger partial charge >= 0.3 is 0 Å². The van der Waals surface area contributed by atoms with Crippen molar-refractivity contribution in [2.75, 3.05) is 24.5 Å². The molecule has 0 aliphatic heterocycles. The lowest BCUT2D eigenvalue weighted by Gasteiger charge is -2.34. The molecule has 10 heteroatoms. The molecule has 4 rings (SSSR count). The summed E-state index contributed by atoms with van der Waals surface area (Å²) in [5, 5.41) is 3.01. The minimum atomic E-state index is -4.24. The molecule has 8 nitrogen and oxygen atoms in total. The molecule has 0 aromatic heterocycles. The van der Waals surface area contributed by atoms with E-state index < -0.39 is 28.5 Å². The fourth-order valence-electron chi connectivity index (χ4n) is 5.01. The number of unbranched alkanes of at least 4 members (excludes halogenated alkanes) is 1. The van der Waals surface area contributed by atoms with Crippen LogP contribution in [0.5, 0.6) is 5.75 Å². The van der Waals surface area contributed by atoms with E-state index in [4.69, 9.17) is 4.74 Å². The summed E-state index contributed by atoms with van der Waals surface area (Å²) in [5.74, 6) is -0.318. The predicted molar refractivity (Wildman–Crippen MR) is 185 cm³/mol. The Bertz CT molecular complexity index is 1700. The van der Waals surface area contributed by atoms with Gasteiger partial charge in [0.2, 0.25) is 11.8 Å². The second-order valence-corrected chi connectivity index (χ2v) is 13.7. The Hall–Kier alpha value is -4.15.